The number of aryl methyl sites for hydroxylation is 2. The lowest BCUT2D eigenvalue weighted by atomic mass is 9.99. The van der Waals surface area contributed by atoms with Crippen LogP contribution in [0.2, 0.25) is 0 Å². The van der Waals surface area contributed by atoms with Gasteiger partial charge in [0.15, 0.2) is 0 Å². The molecule has 0 amide bonds. The molecule has 3 unspecified atom stereocenters. The van der Waals surface area contributed by atoms with Crippen LogP contribution in [0.4, 0.5) is 0 Å². The number of thiophene rings is 1. The first kappa shape index (κ1) is 13.1. The molecule has 1 aliphatic rings. The second kappa shape index (κ2) is 5.51. The van der Waals surface area contributed by atoms with Crippen LogP contribution in [0.1, 0.15) is 41.6 Å². The minimum Gasteiger partial charge on any atom is -0.381 e. The van der Waals surface area contributed by atoms with Crippen LogP contribution < -0.4 is 5.32 Å². The van der Waals surface area contributed by atoms with Gasteiger partial charge in [-0.1, -0.05) is 0 Å². The highest BCUT2D eigenvalue weighted by atomic mass is 32.1. The summed E-state index contributed by atoms with van der Waals surface area (Å²) in [6, 6.07) is 3.29. The third-order valence-electron chi connectivity index (χ3n) is 3.73. The van der Waals surface area contributed by atoms with E-state index >= 15 is 0 Å². The zero-order valence-corrected chi connectivity index (χ0v) is 12.1. The molecule has 3 atom stereocenters. The molecule has 2 nitrogen and oxygen atoms in total. The van der Waals surface area contributed by atoms with Crippen LogP contribution in [0.5, 0.6) is 0 Å². The van der Waals surface area contributed by atoms with Crippen LogP contribution in [0.25, 0.3) is 0 Å². The Kier molecular flexibility index (Phi) is 4.23. The molecule has 1 fully saturated rings. The molecular weight excluding hydrogens is 230 g/mol. The van der Waals surface area contributed by atoms with E-state index in [4.69, 9.17) is 4.74 Å². The molecule has 0 spiro atoms. The van der Waals surface area contributed by atoms with Crippen LogP contribution in [0.3, 0.4) is 0 Å². The van der Waals surface area contributed by atoms with Gasteiger partial charge in [-0.15, -0.1) is 11.3 Å². The van der Waals surface area contributed by atoms with Crippen LogP contribution in [0, 0.1) is 19.8 Å². The average molecular weight is 253 g/mol. The van der Waals surface area contributed by atoms with E-state index in [2.05, 4.69) is 39.1 Å². The molecule has 3 heteroatoms. The van der Waals surface area contributed by atoms with Gasteiger partial charge in [-0.05, 0) is 51.7 Å². The molecular formula is C14H23NOS. The van der Waals surface area contributed by atoms with Crippen molar-refractivity contribution in [3.8, 4) is 0 Å². The molecule has 0 radical (unpaired) electrons. The summed E-state index contributed by atoms with van der Waals surface area (Å²) < 4.78 is 5.46. The van der Waals surface area contributed by atoms with Gasteiger partial charge < -0.3 is 10.1 Å². The van der Waals surface area contributed by atoms with Gasteiger partial charge in [-0.3, -0.25) is 0 Å². The third kappa shape index (κ3) is 3.09. The lowest BCUT2D eigenvalue weighted by molar-refractivity contribution is 0.177. The van der Waals surface area contributed by atoms with Gasteiger partial charge >= 0.3 is 0 Å². The molecule has 0 aliphatic carbocycles. The lowest BCUT2D eigenvalue weighted by Crippen LogP contribution is -2.35. The molecule has 1 aromatic heterocycles. The van der Waals surface area contributed by atoms with Gasteiger partial charge in [-0.25, -0.2) is 0 Å². The topological polar surface area (TPSA) is 21.3 Å². The van der Waals surface area contributed by atoms with Crippen molar-refractivity contribution in [2.75, 3.05) is 13.2 Å². The second-order valence-electron chi connectivity index (χ2n) is 5.17. The van der Waals surface area contributed by atoms with Crippen molar-refractivity contribution in [2.24, 2.45) is 5.92 Å². The number of hydrogen-bond donors (Lipinski definition) is 1. The standard InChI is InChI=1S/C14H23NOS/c1-9-7-14(12(4)17-9)11(3)15-10(2)13-5-6-16-8-13/h7,10-11,13,15H,5-6,8H2,1-4H3. The van der Waals surface area contributed by atoms with Crippen LogP contribution >= 0.6 is 11.3 Å². The maximum Gasteiger partial charge on any atom is 0.0509 e. The van der Waals surface area contributed by atoms with Crippen molar-refractivity contribution < 1.29 is 4.74 Å². The van der Waals surface area contributed by atoms with Gasteiger partial charge in [0.05, 0.1) is 6.61 Å². The fourth-order valence-electron chi connectivity index (χ4n) is 2.65. The Bertz CT molecular complexity index is 368. The molecule has 1 saturated heterocycles. The van der Waals surface area contributed by atoms with E-state index in [0.717, 1.165) is 13.2 Å². The van der Waals surface area contributed by atoms with E-state index in [1.54, 1.807) is 0 Å². The predicted molar refractivity (Wildman–Crippen MR) is 73.7 cm³/mol. The van der Waals surface area contributed by atoms with Crippen molar-refractivity contribution in [2.45, 2.75) is 46.2 Å². The summed E-state index contributed by atoms with van der Waals surface area (Å²) in [6.07, 6.45) is 1.20. The van der Waals surface area contributed by atoms with Crippen molar-refractivity contribution in [3.05, 3.63) is 21.4 Å². The van der Waals surface area contributed by atoms with E-state index in [9.17, 15) is 0 Å². The summed E-state index contributed by atoms with van der Waals surface area (Å²) in [4.78, 5) is 2.85. The highest BCUT2D eigenvalue weighted by molar-refractivity contribution is 7.12. The molecule has 2 heterocycles. The zero-order chi connectivity index (χ0) is 12.4. The molecule has 0 aromatic carbocycles. The fraction of sp³-hybridized carbons (Fsp3) is 0.714. The van der Waals surface area contributed by atoms with Crippen molar-refractivity contribution in [1.82, 2.24) is 5.32 Å². The van der Waals surface area contributed by atoms with Crippen molar-refractivity contribution in [3.63, 3.8) is 0 Å². The molecule has 1 aromatic rings. The second-order valence-corrected chi connectivity index (χ2v) is 6.63. The predicted octanol–water partition coefficient (Wildman–Crippen LogP) is 3.44. The quantitative estimate of drug-likeness (QED) is 0.887. The SMILES string of the molecule is Cc1cc(C(C)NC(C)C2CCOC2)c(C)s1. The number of rotatable bonds is 4. The molecule has 1 N–H and O–H groups in total. The molecule has 0 bridgehead atoms. The van der Waals surface area contributed by atoms with Crippen molar-refractivity contribution >= 4 is 11.3 Å². The van der Waals surface area contributed by atoms with Crippen LogP contribution in [-0.2, 0) is 4.74 Å². The maximum atomic E-state index is 5.46. The lowest BCUT2D eigenvalue weighted by Gasteiger charge is -2.24. The Morgan fingerprint density at radius 2 is 2.18 bits per heavy atom. The molecule has 2 rings (SSSR count). The summed E-state index contributed by atoms with van der Waals surface area (Å²) in [7, 11) is 0. The summed E-state index contributed by atoms with van der Waals surface area (Å²) >= 11 is 1.89. The van der Waals surface area contributed by atoms with Crippen LogP contribution in [-0.4, -0.2) is 19.3 Å². The smallest absolute Gasteiger partial charge is 0.0509 e. The van der Waals surface area contributed by atoms with Gasteiger partial charge in [-0.2, -0.15) is 0 Å². The first-order valence-electron chi connectivity index (χ1n) is 6.48. The third-order valence-corrected chi connectivity index (χ3v) is 4.71. The van der Waals surface area contributed by atoms with E-state index in [1.807, 2.05) is 11.3 Å². The minimum atomic E-state index is 0.440. The highest BCUT2D eigenvalue weighted by Gasteiger charge is 2.24. The number of hydrogen-bond acceptors (Lipinski definition) is 3. The van der Waals surface area contributed by atoms with E-state index in [0.29, 0.717) is 18.0 Å². The maximum absolute atomic E-state index is 5.46. The van der Waals surface area contributed by atoms with Gasteiger partial charge in [0.25, 0.3) is 0 Å². The molecule has 96 valence electrons. The van der Waals surface area contributed by atoms with E-state index in [1.165, 1.54) is 21.7 Å². The van der Waals surface area contributed by atoms with Gasteiger partial charge in [0.1, 0.15) is 0 Å². The van der Waals surface area contributed by atoms with Gasteiger partial charge in [0, 0.05) is 28.4 Å². The Morgan fingerprint density at radius 3 is 2.71 bits per heavy atom. The first-order valence-corrected chi connectivity index (χ1v) is 7.30. The molecule has 17 heavy (non-hydrogen) atoms. The monoisotopic (exact) mass is 253 g/mol. The number of nitrogens with one attached hydrogen (secondary N) is 1. The Labute approximate surface area is 108 Å². The van der Waals surface area contributed by atoms with Crippen LogP contribution in [0.15, 0.2) is 6.07 Å². The summed E-state index contributed by atoms with van der Waals surface area (Å²) in [5.41, 5.74) is 1.46. The zero-order valence-electron chi connectivity index (χ0n) is 11.2. The first-order chi connectivity index (χ1) is 8.08. The molecule has 1 aliphatic heterocycles. The Hall–Kier alpha value is -0.380. The van der Waals surface area contributed by atoms with Crippen molar-refractivity contribution in [1.29, 1.82) is 0 Å². The number of ether oxygens (including phenoxy) is 1. The summed E-state index contributed by atoms with van der Waals surface area (Å²) in [6.45, 7) is 10.8. The van der Waals surface area contributed by atoms with E-state index < -0.39 is 0 Å². The molecule has 0 saturated carbocycles. The average Bonchev–Trinajstić information content (AvgIpc) is 2.87. The highest BCUT2D eigenvalue weighted by Crippen LogP contribution is 2.27. The van der Waals surface area contributed by atoms with E-state index in [-0.39, 0.29) is 0 Å². The van der Waals surface area contributed by atoms with Gasteiger partial charge in [0.2, 0.25) is 0 Å². The summed E-state index contributed by atoms with van der Waals surface area (Å²) in [5.74, 6) is 0.678. The largest absolute Gasteiger partial charge is 0.381 e. The normalized spacial score (nSPS) is 23.9. The fourth-order valence-corrected chi connectivity index (χ4v) is 3.67. The Morgan fingerprint density at radius 1 is 1.41 bits per heavy atom. The summed E-state index contributed by atoms with van der Waals surface area (Å²) in [5, 5.41) is 3.72. The minimum absolute atomic E-state index is 0.440. The Balaban J connectivity index is 1.96.